The van der Waals surface area contributed by atoms with Crippen LogP contribution in [0.5, 0.6) is 5.88 Å². The molecule has 3 aliphatic heterocycles. The molecule has 7 nitrogen and oxygen atoms in total. The van der Waals surface area contributed by atoms with Gasteiger partial charge >= 0.3 is 0 Å². The monoisotopic (exact) mass is 426 g/mol. The molecule has 0 saturated carbocycles. The van der Waals surface area contributed by atoms with Gasteiger partial charge in [0.2, 0.25) is 5.88 Å². The molecule has 4 aromatic rings. The van der Waals surface area contributed by atoms with Gasteiger partial charge in [-0.3, -0.25) is 0 Å². The molecule has 4 aromatic heterocycles. The highest BCUT2D eigenvalue weighted by atomic mass is 16.5. The van der Waals surface area contributed by atoms with Crippen LogP contribution in [0.25, 0.3) is 22.2 Å². The minimum absolute atomic E-state index is 0.0824. The zero-order chi connectivity index (χ0) is 21.7. The van der Waals surface area contributed by atoms with Gasteiger partial charge in [-0.25, -0.2) is 15.0 Å². The first-order valence-electron chi connectivity index (χ1n) is 11.0. The van der Waals surface area contributed by atoms with Crippen LogP contribution >= 0.6 is 0 Å². The maximum Gasteiger partial charge on any atom is 0.212 e. The minimum atomic E-state index is 0.0824. The molecule has 0 spiro atoms. The second-order valence-corrected chi connectivity index (χ2v) is 9.05. The average molecular weight is 427 g/mol. The summed E-state index contributed by atoms with van der Waals surface area (Å²) in [7, 11) is 1.65. The maximum atomic E-state index is 5.19. The van der Waals surface area contributed by atoms with Crippen molar-refractivity contribution in [2.45, 2.75) is 31.3 Å². The van der Waals surface area contributed by atoms with Crippen molar-refractivity contribution in [3.63, 3.8) is 0 Å². The predicted octanol–water partition coefficient (Wildman–Crippen LogP) is 3.50. The van der Waals surface area contributed by atoms with E-state index in [-0.39, 0.29) is 5.54 Å². The van der Waals surface area contributed by atoms with Crippen LogP contribution < -0.4 is 15.0 Å². The standard InChI is InChI=1S/C25H26N6O/c1-16-11-29-24-23(16)20(7-8-26-24)18-4-5-21(27-13-18)31-14-19-10-25(15-31,30-19)9-17-3-6-22(32-2)28-12-17/h3-8,11-13,19,30H,9-10,14-15H2,1-2H3,(H,26,29). The average Bonchev–Trinajstić information content (AvgIpc) is 3.20. The molecular weight excluding hydrogens is 400 g/mol. The molecule has 162 valence electrons. The van der Waals surface area contributed by atoms with Crippen molar-refractivity contribution in [2.75, 3.05) is 25.1 Å². The third kappa shape index (κ3) is 3.20. The van der Waals surface area contributed by atoms with Crippen molar-refractivity contribution in [2.24, 2.45) is 0 Å². The van der Waals surface area contributed by atoms with E-state index in [4.69, 9.17) is 9.72 Å². The molecule has 0 radical (unpaired) electrons. The molecule has 2 bridgehead atoms. The largest absolute Gasteiger partial charge is 0.481 e. The van der Waals surface area contributed by atoms with Gasteiger partial charge in [-0.15, -0.1) is 0 Å². The van der Waals surface area contributed by atoms with E-state index in [1.807, 2.05) is 30.9 Å². The quantitative estimate of drug-likeness (QED) is 0.509. The zero-order valence-electron chi connectivity index (χ0n) is 18.3. The number of nitrogens with one attached hydrogen (secondary N) is 2. The molecular formula is C25H26N6O. The van der Waals surface area contributed by atoms with E-state index in [1.54, 1.807) is 7.11 Å². The highest BCUT2D eigenvalue weighted by molar-refractivity contribution is 5.95. The van der Waals surface area contributed by atoms with Crippen molar-refractivity contribution in [3.05, 3.63) is 66.2 Å². The van der Waals surface area contributed by atoms with Crippen LogP contribution in [0, 0.1) is 6.92 Å². The lowest BCUT2D eigenvalue weighted by molar-refractivity contribution is 0.107. The van der Waals surface area contributed by atoms with Crippen LogP contribution in [0.1, 0.15) is 17.5 Å². The molecule has 7 rings (SSSR count). The van der Waals surface area contributed by atoms with Gasteiger partial charge in [0.15, 0.2) is 0 Å². The summed E-state index contributed by atoms with van der Waals surface area (Å²) in [5, 5.41) is 4.96. The first-order valence-corrected chi connectivity index (χ1v) is 11.0. The summed E-state index contributed by atoms with van der Waals surface area (Å²) in [5.74, 6) is 1.69. The Morgan fingerprint density at radius 2 is 2.03 bits per heavy atom. The van der Waals surface area contributed by atoms with Gasteiger partial charge in [0.25, 0.3) is 0 Å². The van der Waals surface area contributed by atoms with Gasteiger partial charge in [-0.2, -0.15) is 0 Å². The number of piperazine rings is 1. The smallest absolute Gasteiger partial charge is 0.212 e. The first kappa shape index (κ1) is 19.3. The van der Waals surface area contributed by atoms with Crippen LogP contribution in [-0.4, -0.2) is 51.7 Å². The van der Waals surface area contributed by atoms with Crippen molar-refractivity contribution in [1.82, 2.24) is 25.3 Å². The second kappa shape index (κ2) is 7.31. The van der Waals surface area contributed by atoms with E-state index < -0.39 is 0 Å². The molecule has 2 N–H and O–H groups in total. The summed E-state index contributed by atoms with van der Waals surface area (Å²) in [4.78, 5) is 19.3. The number of aromatic amines is 1. The molecule has 3 aliphatic rings. The van der Waals surface area contributed by atoms with Crippen LogP contribution in [0.4, 0.5) is 5.82 Å². The minimum Gasteiger partial charge on any atom is -0.481 e. The Hall–Kier alpha value is -3.45. The van der Waals surface area contributed by atoms with Crippen molar-refractivity contribution in [3.8, 4) is 17.0 Å². The molecule has 3 fully saturated rings. The lowest BCUT2D eigenvalue weighted by Gasteiger charge is -2.58. The fourth-order valence-electron chi connectivity index (χ4n) is 5.37. The Morgan fingerprint density at radius 3 is 2.78 bits per heavy atom. The van der Waals surface area contributed by atoms with Crippen LogP contribution in [0.3, 0.4) is 0 Å². The van der Waals surface area contributed by atoms with Crippen molar-refractivity contribution in [1.29, 1.82) is 0 Å². The Labute approximate surface area is 186 Å². The lowest BCUT2D eigenvalue weighted by Crippen LogP contribution is -2.76. The number of rotatable bonds is 5. The number of hydrogen-bond acceptors (Lipinski definition) is 6. The predicted molar refractivity (Wildman–Crippen MR) is 125 cm³/mol. The summed E-state index contributed by atoms with van der Waals surface area (Å²) in [6.45, 7) is 4.04. The molecule has 32 heavy (non-hydrogen) atoms. The third-order valence-corrected chi connectivity index (χ3v) is 6.78. The molecule has 7 heteroatoms. The van der Waals surface area contributed by atoms with Gasteiger partial charge in [-0.05, 0) is 54.7 Å². The molecule has 0 aliphatic carbocycles. The summed E-state index contributed by atoms with van der Waals surface area (Å²) in [6.07, 6.45) is 9.92. The van der Waals surface area contributed by atoms with E-state index in [2.05, 4.69) is 56.4 Å². The van der Waals surface area contributed by atoms with E-state index in [1.165, 1.54) is 23.1 Å². The number of pyridine rings is 3. The highest BCUT2D eigenvalue weighted by Gasteiger charge is 2.49. The molecule has 3 saturated heterocycles. The molecule has 0 aromatic carbocycles. The summed E-state index contributed by atoms with van der Waals surface area (Å²) < 4.78 is 5.19. The number of hydrogen-bond donors (Lipinski definition) is 2. The zero-order valence-corrected chi connectivity index (χ0v) is 18.3. The van der Waals surface area contributed by atoms with E-state index >= 15 is 0 Å². The number of aryl methyl sites for hydroxylation is 1. The number of H-pyrrole nitrogens is 1. The molecule has 2 unspecified atom stereocenters. The van der Waals surface area contributed by atoms with Crippen molar-refractivity contribution < 1.29 is 4.74 Å². The maximum absolute atomic E-state index is 5.19. The number of anilines is 1. The topological polar surface area (TPSA) is 79.0 Å². The number of methoxy groups -OCH3 is 1. The fraction of sp³-hybridized carbons (Fsp3) is 0.320. The van der Waals surface area contributed by atoms with Crippen LogP contribution in [0.15, 0.2) is 55.1 Å². The Kier molecular flexibility index (Phi) is 4.40. The Morgan fingerprint density at radius 1 is 1.12 bits per heavy atom. The van der Waals surface area contributed by atoms with E-state index in [0.29, 0.717) is 11.9 Å². The van der Waals surface area contributed by atoms with Gasteiger partial charge in [0, 0.05) is 66.5 Å². The second-order valence-electron chi connectivity index (χ2n) is 9.05. The number of aromatic nitrogens is 4. The van der Waals surface area contributed by atoms with Gasteiger partial charge in [-0.1, -0.05) is 6.07 Å². The fourth-order valence-corrected chi connectivity index (χ4v) is 5.37. The van der Waals surface area contributed by atoms with Crippen LogP contribution in [0.2, 0.25) is 0 Å². The normalized spacial score (nSPS) is 22.1. The SMILES string of the molecule is COc1ccc(CC23CC(CN(c4ccc(-c5ccnc6[nH]cc(C)c56)cn4)C2)N3)cn1. The third-order valence-electron chi connectivity index (χ3n) is 6.78. The number of nitrogens with zero attached hydrogens (tertiary/aromatic N) is 4. The summed E-state index contributed by atoms with van der Waals surface area (Å²) in [5.41, 5.74) is 5.71. The van der Waals surface area contributed by atoms with Gasteiger partial charge in [0.05, 0.1) is 7.11 Å². The van der Waals surface area contributed by atoms with E-state index in [9.17, 15) is 0 Å². The number of ether oxygens (including phenoxy) is 1. The number of piperidine rings is 1. The van der Waals surface area contributed by atoms with Gasteiger partial charge < -0.3 is 19.9 Å². The molecule has 2 atom stereocenters. The lowest BCUT2D eigenvalue weighted by atomic mass is 9.73. The Balaban J connectivity index is 1.22. The molecule has 7 heterocycles. The van der Waals surface area contributed by atoms with Crippen molar-refractivity contribution >= 4 is 16.9 Å². The molecule has 0 amide bonds. The number of fused-ring (bicyclic) bond motifs is 3. The highest BCUT2D eigenvalue weighted by Crippen LogP contribution is 2.37. The van der Waals surface area contributed by atoms with Crippen LogP contribution in [-0.2, 0) is 6.42 Å². The van der Waals surface area contributed by atoms with E-state index in [0.717, 1.165) is 41.9 Å². The first-order chi connectivity index (χ1) is 15.6. The summed E-state index contributed by atoms with van der Waals surface area (Å²) >= 11 is 0. The summed E-state index contributed by atoms with van der Waals surface area (Å²) in [6, 6.07) is 11.0. The van der Waals surface area contributed by atoms with Gasteiger partial charge in [0.1, 0.15) is 11.5 Å². The Bertz CT molecular complexity index is 1260.